The van der Waals surface area contributed by atoms with Gasteiger partial charge in [0.05, 0.1) is 17.0 Å². The van der Waals surface area contributed by atoms with Crippen molar-refractivity contribution in [2.45, 2.75) is 36.9 Å². The van der Waals surface area contributed by atoms with Crippen LogP contribution in [0.15, 0.2) is 36.5 Å². The number of aromatic nitrogens is 1. The van der Waals surface area contributed by atoms with Crippen LogP contribution in [0.4, 0.5) is 0 Å². The molecular formula is C22H19Cl2N3O5. The zero-order valence-electron chi connectivity index (χ0n) is 16.8. The third kappa shape index (κ3) is 4.00. The second-order valence-electron chi connectivity index (χ2n) is 8.31. The van der Waals surface area contributed by atoms with Gasteiger partial charge in [0.2, 0.25) is 5.88 Å². The van der Waals surface area contributed by atoms with Crippen molar-refractivity contribution >= 4 is 40.8 Å². The molecule has 2 aliphatic carbocycles. The molecule has 2 saturated carbocycles. The van der Waals surface area contributed by atoms with E-state index in [0.717, 1.165) is 6.42 Å². The molecule has 10 heteroatoms. The summed E-state index contributed by atoms with van der Waals surface area (Å²) in [6, 6.07) is 7.93. The molecule has 8 nitrogen and oxygen atoms in total. The first-order chi connectivity index (χ1) is 15.3. The Bertz CT molecular complexity index is 1110. The minimum absolute atomic E-state index is 0.0332. The Morgan fingerprint density at radius 3 is 2.75 bits per heavy atom. The minimum Gasteiger partial charge on any atom is -0.479 e. The largest absolute Gasteiger partial charge is 0.479 e. The maximum absolute atomic E-state index is 12.7. The van der Waals surface area contributed by atoms with E-state index in [1.807, 2.05) is 0 Å². The SMILES string of the molecule is O=C(COc1ccc(Cl)cn1)NC12CC(NC(=O)[C@H]3CC(=O)c4cc(Cl)ccc4O3)C1C2. The fourth-order valence-electron chi connectivity index (χ4n) is 4.44. The Balaban J connectivity index is 1.09. The van der Waals surface area contributed by atoms with Gasteiger partial charge in [-0.05, 0) is 37.1 Å². The number of fused-ring (bicyclic) bond motifs is 2. The number of carbonyl (C=O) groups excluding carboxylic acids is 3. The second-order valence-corrected chi connectivity index (χ2v) is 9.18. The molecule has 32 heavy (non-hydrogen) atoms. The van der Waals surface area contributed by atoms with Crippen molar-refractivity contribution in [2.75, 3.05) is 6.61 Å². The van der Waals surface area contributed by atoms with Gasteiger partial charge in [0, 0.05) is 34.8 Å². The fourth-order valence-corrected chi connectivity index (χ4v) is 4.72. The Hall–Kier alpha value is -2.84. The van der Waals surface area contributed by atoms with Gasteiger partial charge in [-0.3, -0.25) is 14.4 Å². The molecule has 0 bridgehead atoms. The van der Waals surface area contributed by atoms with Crippen LogP contribution in [0.3, 0.4) is 0 Å². The van der Waals surface area contributed by atoms with E-state index in [4.69, 9.17) is 32.7 Å². The van der Waals surface area contributed by atoms with Crippen molar-refractivity contribution in [3.8, 4) is 11.6 Å². The highest BCUT2D eigenvalue weighted by Crippen LogP contribution is 2.59. The first kappa shape index (κ1) is 21.0. The number of nitrogens with one attached hydrogen (secondary N) is 2. The second kappa shape index (κ2) is 7.94. The molecule has 166 valence electrons. The van der Waals surface area contributed by atoms with Crippen molar-refractivity contribution in [3.63, 3.8) is 0 Å². The van der Waals surface area contributed by atoms with Gasteiger partial charge in [0.15, 0.2) is 18.5 Å². The van der Waals surface area contributed by atoms with E-state index in [1.165, 1.54) is 6.20 Å². The lowest BCUT2D eigenvalue weighted by Crippen LogP contribution is -2.58. The molecule has 2 amide bonds. The average molecular weight is 476 g/mol. The molecule has 5 rings (SSSR count). The van der Waals surface area contributed by atoms with Gasteiger partial charge in [0.1, 0.15) is 5.75 Å². The van der Waals surface area contributed by atoms with E-state index in [1.54, 1.807) is 30.3 Å². The zero-order valence-corrected chi connectivity index (χ0v) is 18.3. The van der Waals surface area contributed by atoms with Crippen molar-refractivity contribution in [2.24, 2.45) is 5.92 Å². The molecule has 3 unspecified atom stereocenters. The molecule has 2 aromatic rings. The average Bonchev–Trinajstić information content (AvgIpc) is 3.35. The number of benzene rings is 1. The summed E-state index contributed by atoms with van der Waals surface area (Å²) in [6.45, 7) is -0.151. The van der Waals surface area contributed by atoms with Crippen LogP contribution in [0.5, 0.6) is 11.6 Å². The number of Topliss-reactive ketones (excluding diaryl/α,β-unsaturated/α-hetero) is 1. The number of ether oxygens (including phenoxy) is 2. The Morgan fingerprint density at radius 2 is 2.00 bits per heavy atom. The number of hydrogen-bond acceptors (Lipinski definition) is 6. The van der Waals surface area contributed by atoms with Gasteiger partial charge in [0.25, 0.3) is 11.8 Å². The highest BCUT2D eigenvalue weighted by Gasteiger charge is 2.68. The highest BCUT2D eigenvalue weighted by molar-refractivity contribution is 6.31. The summed E-state index contributed by atoms with van der Waals surface area (Å²) in [5.74, 6) is 0.0974. The predicted molar refractivity (Wildman–Crippen MR) is 115 cm³/mol. The number of nitrogens with zero attached hydrogens (tertiary/aromatic N) is 1. The molecule has 0 spiro atoms. The van der Waals surface area contributed by atoms with Crippen LogP contribution in [0.2, 0.25) is 10.0 Å². The standard InChI is InChI=1S/C22H19Cl2N3O5/c23-11-1-3-17-13(5-11)16(28)6-18(32-17)21(30)26-15-8-22(7-14(15)22)27-19(29)10-31-20-4-2-12(24)9-25-20/h1-5,9,14-15,18H,6-8,10H2,(H,26,30)(H,27,29)/t14?,15?,18-,22?/m1/s1. The normalized spacial score (nSPS) is 27.2. The smallest absolute Gasteiger partial charge is 0.261 e. The Kier molecular flexibility index (Phi) is 5.22. The van der Waals surface area contributed by atoms with Crippen LogP contribution < -0.4 is 20.1 Å². The summed E-state index contributed by atoms with van der Waals surface area (Å²) in [4.78, 5) is 41.2. The van der Waals surface area contributed by atoms with E-state index in [9.17, 15) is 14.4 Å². The molecule has 2 fully saturated rings. The minimum atomic E-state index is -0.875. The third-order valence-corrected chi connectivity index (χ3v) is 6.60. The first-order valence-electron chi connectivity index (χ1n) is 10.2. The van der Waals surface area contributed by atoms with Gasteiger partial charge < -0.3 is 20.1 Å². The summed E-state index contributed by atoms with van der Waals surface area (Å²) < 4.78 is 11.1. The maximum atomic E-state index is 12.7. The molecular weight excluding hydrogens is 457 g/mol. The summed E-state index contributed by atoms with van der Waals surface area (Å²) >= 11 is 11.7. The number of halogens is 2. The number of hydrogen-bond donors (Lipinski definition) is 2. The molecule has 1 aromatic carbocycles. The van der Waals surface area contributed by atoms with Crippen molar-refractivity contribution < 1.29 is 23.9 Å². The topological polar surface area (TPSA) is 107 Å². The molecule has 2 N–H and O–H groups in total. The molecule has 1 aromatic heterocycles. The summed E-state index contributed by atoms with van der Waals surface area (Å²) in [6.07, 6.45) is 1.95. The maximum Gasteiger partial charge on any atom is 0.261 e. The van der Waals surface area contributed by atoms with E-state index in [2.05, 4.69) is 15.6 Å². The number of ketones is 1. The van der Waals surface area contributed by atoms with Crippen LogP contribution in [0, 0.1) is 5.92 Å². The lowest BCUT2D eigenvalue weighted by Gasteiger charge is -2.36. The van der Waals surface area contributed by atoms with Crippen LogP contribution in [-0.2, 0) is 9.59 Å². The lowest BCUT2D eigenvalue weighted by atomic mass is 9.86. The van der Waals surface area contributed by atoms with E-state index < -0.39 is 6.10 Å². The number of rotatable bonds is 6. The number of carbonyl (C=O) groups is 3. The molecule has 3 aliphatic rings. The molecule has 2 heterocycles. The molecule has 0 radical (unpaired) electrons. The van der Waals surface area contributed by atoms with Crippen LogP contribution in [0.25, 0.3) is 0 Å². The van der Waals surface area contributed by atoms with E-state index in [0.29, 0.717) is 33.7 Å². The lowest BCUT2D eigenvalue weighted by molar-refractivity contribution is -0.130. The van der Waals surface area contributed by atoms with Crippen LogP contribution in [-0.4, -0.2) is 46.9 Å². The predicted octanol–water partition coefficient (Wildman–Crippen LogP) is 2.56. The van der Waals surface area contributed by atoms with Gasteiger partial charge in [-0.2, -0.15) is 0 Å². The van der Waals surface area contributed by atoms with Gasteiger partial charge in [-0.15, -0.1) is 0 Å². The quantitative estimate of drug-likeness (QED) is 0.664. The first-order valence-corrected chi connectivity index (χ1v) is 10.9. The van der Waals surface area contributed by atoms with Gasteiger partial charge in [-0.1, -0.05) is 23.2 Å². The Labute approximate surface area is 193 Å². The molecule has 1 aliphatic heterocycles. The summed E-state index contributed by atoms with van der Waals surface area (Å²) in [7, 11) is 0. The van der Waals surface area contributed by atoms with Crippen molar-refractivity contribution in [1.29, 1.82) is 0 Å². The Morgan fingerprint density at radius 1 is 1.19 bits per heavy atom. The molecule has 4 atom stereocenters. The van der Waals surface area contributed by atoms with E-state index >= 15 is 0 Å². The monoisotopic (exact) mass is 475 g/mol. The van der Waals surface area contributed by atoms with Crippen LogP contribution >= 0.6 is 23.2 Å². The molecule has 0 saturated heterocycles. The number of amides is 2. The number of pyridine rings is 1. The highest BCUT2D eigenvalue weighted by atomic mass is 35.5. The van der Waals surface area contributed by atoms with Gasteiger partial charge >= 0.3 is 0 Å². The van der Waals surface area contributed by atoms with Gasteiger partial charge in [-0.25, -0.2) is 4.98 Å². The summed E-state index contributed by atoms with van der Waals surface area (Å²) in [5.41, 5.74) is 0.100. The summed E-state index contributed by atoms with van der Waals surface area (Å²) in [5, 5.41) is 6.87. The van der Waals surface area contributed by atoms with E-state index in [-0.39, 0.29) is 48.1 Å². The fraction of sp³-hybridized carbons (Fsp3) is 0.364. The zero-order chi connectivity index (χ0) is 22.5. The third-order valence-electron chi connectivity index (χ3n) is 6.15. The van der Waals surface area contributed by atoms with Crippen molar-refractivity contribution in [1.82, 2.24) is 15.6 Å². The van der Waals surface area contributed by atoms with Crippen LogP contribution in [0.1, 0.15) is 29.6 Å². The van der Waals surface area contributed by atoms with Crippen molar-refractivity contribution in [3.05, 3.63) is 52.1 Å².